The average Bonchev–Trinajstić information content (AvgIpc) is 2.49. The lowest BCUT2D eigenvalue weighted by molar-refractivity contribution is 0.0583. The molecule has 0 amide bonds. The molecule has 0 aromatic heterocycles. The van der Waals surface area contributed by atoms with Crippen LogP contribution in [0.1, 0.15) is 32.6 Å². The lowest BCUT2D eigenvalue weighted by Gasteiger charge is -2.39. The molecule has 0 aliphatic carbocycles. The summed E-state index contributed by atoms with van der Waals surface area (Å²) in [4.78, 5) is 7.67. The summed E-state index contributed by atoms with van der Waals surface area (Å²) in [6, 6.07) is 0.379. The number of hydrogen-bond donors (Lipinski definition) is 1. The van der Waals surface area contributed by atoms with Gasteiger partial charge in [0, 0.05) is 45.3 Å². The van der Waals surface area contributed by atoms with Crippen molar-refractivity contribution in [3.63, 3.8) is 0 Å². The van der Waals surface area contributed by atoms with Crippen LogP contribution in [0.4, 0.5) is 0 Å². The Morgan fingerprint density at radius 2 is 1.42 bits per heavy atom. The van der Waals surface area contributed by atoms with Crippen molar-refractivity contribution < 1.29 is 5.11 Å². The van der Waals surface area contributed by atoms with E-state index in [1.54, 1.807) is 0 Å². The Morgan fingerprint density at radius 1 is 0.842 bits per heavy atom. The van der Waals surface area contributed by atoms with Gasteiger partial charge in [0.05, 0.1) is 6.61 Å². The van der Waals surface area contributed by atoms with Crippen LogP contribution >= 0.6 is 0 Å². The Balaban J connectivity index is 1.62. The second-order valence-electron chi connectivity index (χ2n) is 6.02. The number of aliphatic hydroxyl groups excluding tert-OH is 1. The standard InChI is InChI=1S/C15H31N3O/c1-2-15(14-19)18-12-10-17(11-13-18)9-8-16-6-4-3-5-7-16/h15,19H,2-14H2,1H3. The lowest BCUT2D eigenvalue weighted by atomic mass is 10.1. The van der Waals surface area contributed by atoms with E-state index >= 15 is 0 Å². The van der Waals surface area contributed by atoms with Crippen molar-refractivity contribution >= 4 is 0 Å². The first-order chi connectivity index (χ1) is 9.33. The Labute approximate surface area is 118 Å². The van der Waals surface area contributed by atoms with Gasteiger partial charge < -0.3 is 10.0 Å². The van der Waals surface area contributed by atoms with Crippen LogP contribution in [-0.4, -0.2) is 84.8 Å². The molecule has 0 saturated carbocycles. The molecular weight excluding hydrogens is 238 g/mol. The number of piperidine rings is 1. The van der Waals surface area contributed by atoms with Gasteiger partial charge in [-0.15, -0.1) is 0 Å². The average molecular weight is 269 g/mol. The number of aliphatic hydroxyl groups is 1. The summed E-state index contributed by atoms with van der Waals surface area (Å²) < 4.78 is 0. The van der Waals surface area contributed by atoms with Crippen molar-refractivity contribution in [2.75, 3.05) is 59.0 Å². The first-order valence-electron chi connectivity index (χ1n) is 8.13. The van der Waals surface area contributed by atoms with Crippen LogP contribution in [0.2, 0.25) is 0 Å². The van der Waals surface area contributed by atoms with Gasteiger partial charge in [0.25, 0.3) is 0 Å². The van der Waals surface area contributed by atoms with Crippen LogP contribution in [-0.2, 0) is 0 Å². The summed E-state index contributed by atoms with van der Waals surface area (Å²) in [5.41, 5.74) is 0. The highest BCUT2D eigenvalue weighted by Gasteiger charge is 2.22. The minimum atomic E-state index is 0.310. The normalized spacial score (nSPS) is 25.6. The van der Waals surface area contributed by atoms with Crippen LogP contribution < -0.4 is 0 Å². The molecule has 1 unspecified atom stereocenters. The molecule has 4 heteroatoms. The lowest BCUT2D eigenvalue weighted by Crippen LogP contribution is -2.52. The van der Waals surface area contributed by atoms with Crippen molar-refractivity contribution in [2.45, 2.75) is 38.6 Å². The van der Waals surface area contributed by atoms with Gasteiger partial charge in [-0.05, 0) is 32.4 Å². The highest BCUT2D eigenvalue weighted by molar-refractivity contribution is 4.78. The fourth-order valence-electron chi connectivity index (χ4n) is 3.32. The van der Waals surface area contributed by atoms with E-state index in [2.05, 4.69) is 21.6 Å². The number of piperazine rings is 1. The van der Waals surface area contributed by atoms with Gasteiger partial charge in [-0.25, -0.2) is 0 Å². The maximum absolute atomic E-state index is 9.36. The summed E-state index contributed by atoms with van der Waals surface area (Å²) in [5, 5.41) is 9.36. The highest BCUT2D eigenvalue weighted by atomic mass is 16.3. The minimum absolute atomic E-state index is 0.310. The number of hydrogen-bond acceptors (Lipinski definition) is 4. The molecule has 2 heterocycles. The third-order valence-electron chi connectivity index (χ3n) is 4.79. The molecule has 2 fully saturated rings. The molecule has 0 spiro atoms. The largest absolute Gasteiger partial charge is 0.395 e. The van der Waals surface area contributed by atoms with E-state index in [4.69, 9.17) is 0 Å². The molecule has 0 bridgehead atoms. The van der Waals surface area contributed by atoms with Crippen molar-refractivity contribution in [1.82, 2.24) is 14.7 Å². The van der Waals surface area contributed by atoms with Crippen LogP contribution in [0.3, 0.4) is 0 Å². The minimum Gasteiger partial charge on any atom is -0.395 e. The predicted octanol–water partition coefficient (Wildman–Crippen LogP) is 0.861. The SMILES string of the molecule is CCC(CO)N1CCN(CCN2CCCCC2)CC1. The number of likely N-dealkylation sites (tertiary alicyclic amines) is 1. The Hall–Kier alpha value is -0.160. The van der Waals surface area contributed by atoms with E-state index in [0.29, 0.717) is 12.6 Å². The molecule has 2 rings (SSSR count). The molecule has 1 N–H and O–H groups in total. The zero-order valence-electron chi connectivity index (χ0n) is 12.6. The van der Waals surface area contributed by atoms with Gasteiger partial charge in [0.15, 0.2) is 0 Å². The van der Waals surface area contributed by atoms with E-state index < -0.39 is 0 Å². The Bertz CT molecular complexity index is 232. The first-order valence-corrected chi connectivity index (χ1v) is 8.13. The molecule has 4 nitrogen and oxygen atoms in total. The van der Waals surface area contributed by atoms with Crippen molar-refractivity contribution in [3.8, 4) is 0 Å². The Kier molecular flexibility index (Phi) is 6.57. The van der Waals surface area contributed by atoms with Crippen molar-refractivity contribution in [3.05, 3.63) is 0 Å². The third-order valence-corrected chi connectivity index (χ3v) is 4.79. The second-order valence-corrected chi connectivity index (χ2v) is 6.02. The Morgan fingerprint density at radius 3 is 1.95 bits per heavy atom. The van der Waals surface area contributed by atoms with Crippen molar-refractivity contribution in [1.29, 1.82) is 0 Å². The molecule has 1 atom stereocenters. The van der Waals surface area contributed by atoms with E-state index in [0.717, 1.165) is 19.5 Å². The van der Waals surface area contributed by atoms with Crippen LogP contribution in [0, 0.1) is 0 Å². The molecule has 0 aromatic rings. The van der Waals surface area contributed by atoms with E-state index in [-0.39, 0.29) is 0 Å². The smallest absolute Gasteiger partial charge is 0.0586 e. The summed E-state index contributed by atoms with van der Waals surface area (Å²) in [7, 11) is 0. The van der Waals surface area contributed by atoms with E-state index in [1.807, 2.05) is 0 Å². The first kappa shape index (κ1) is 15.2. The van der Waals surface area contributed by atoms with Crippen LogP contribution in [0.5, 0.6) is 0 Å². The van der Waals surface area contributed by atoms with Gasteiger partial charge >= 0.3 is 0 Å². The molecule has 2 aliphatic heterocycles. The van der Waals surface area contributed by atoms with Gasteiger partial charge in [-0.2, -0.15) is 0 Å². The number of rotatable bonds is 6. The van der Waals surface area contributed by atoms with Crippen LogP contribution in [0.15, 0.2) is 0 Å². The quantitative estimate of drug-likeness (QED) is 0.775. The highest BCUT2D eigenvalue weighted by Crippen LogP contribution is 2.11. The van der Waals surface area contributed by atoms with Gasteiger partial charge in [0.2, 0.25) is 0 Å². The molecule has 19 heavy (non-hydrogen) atoms. The van der Waals surface area contributed by atoms with Crippen LogP contribution in [0.25, 0.3) is 0 Å². The molecule has 2 saturated heterocycles. The molecule has 0 aromatic carbocycles. The maximum atomic E-state index is 9.36. The molecule has 112 valence electrons. The summed E-state index contributed by atoms with van der Waals surface area (Å²) in [6.45, 7) is 12.2. The molecular formula is C15H31N3O. The fourth-order valence-corrected chi connectivity index (χ4v) is 3.32. The zero-order chi connectivity index (χ0) is 13.5. The van der Waals surface area contributed by atoms with E-state index in [1.165, 1.54) is 58.5 Å². The fraction of sp³-hybridized carbons (Fsp3) is 1.00. The molecule has 0 radical (unpaired) electrons. The van der Waals surface area contributed by atoms with Crippen molar-refractivity contribution in [2.24, 2.45) is 0 Å². The van der Waals surface area contributed by atoms with Gasteiger partial charge in [-0.3, -0.25) is 9.80 Å². The van der Waals surface area contributed by atoms with Gasteiger partial charge in [-0.1, -0.05) is 13.3 Å². The second kappa shape index (κ2) is 8.20. The third kappa shape index (κ3) is 4.71. The summed E-state index contributed by atoms with van der Waals surface area (Å²) in [6.07, 6.45) is 5.27. The number of nitrogens with zero attached hydrogens (tertiary/aromatic N) is 3. The monoisotopic (exact) mass is 269 g/mol. The maximum Gasteiger partial charge on any atom is 0.0586 e. The van der Waals surface area contributed by atoms with Gasteiger partial charge in [0.1, 0.15) is 0 Å². The van der Waals surface area contributed by atoms with E-state index in [9.17, 15) is 5.11 Å². The molecule has 2 aliphatic rings. The topological polar surface area (TPSA) is 30.0 Å². The zero-order valence-corrected chi connectivity index (χ0v) is 12.6. The summed E-state index contributed by atoms with van der Waals surface area (Å²) in [5.74, 6) is 0. The summed E-state index contributed by atoms with van der Waals surface area (Å²) >= 11 is 0. The predicted molar refractivity (Wildman–Crippen MR) is 79.5 cm³/mol.